The number of esters is 1. The van der Waals surface area contributed by atoms with Gasteiger partial charge in [-0.1, -0.05) is 0 Å². The Labute approximate surface area is 86.5 Å². The van der Waals surface area contributed by atoms with Crippen LogP contribution in [0.3, 0.4) is 0 Å². The van der Waals surface area contributed by atoms with Crippen LogP contribution in [0.4, 0.5) is 0 Å². The zero-order valence-electron chi connectivity index (χ0n) is 8.09. The van der Waals surface area contributed by atoms with Gasteiger partial charge >= 0.3 is 5.97 Å². The molecule has 1 fully saturated rings. The number of pyridine rings is 1. The number of aromatic nitrogens is 2. The number of ether oxygens (including phenoxy) is 1. The molecule has 4 nitrogen and oxygen atoms in total. The van der Waals surface area contributed by atoms with Gasteiger partial charge in [0, 0.05) is 6.20 Å². The number of hydrogen-bond acceptors (Lipinski definition) is 3. The Kier molecular flexibility index (Phi) is 1.74. The monoisotopic (exact) mass is 202 g/mol. The van der Waals surface area contributed by atoms with E-state index in [9.17, 15) is 4.79 Å². The molecule has 0 N–H and O–H groups in total. The van der Waals surface area contributed by atoms with Crippen molar-refractivity contribution in [2.24, 2.45) is 0 Å². The zero-order valence-corrected chi connectivity index (χ0v) is 8.09. The Morgan fingerprint density at radius 3 is 3.13 bits per heavy atom. The second-order valence-electron chi connectivity index (χ2n) is 3.75. The summed E-state index contributed by atoms with van der Waals surface area (Å²) in [4.78, 5) is 15.6. The topological polar surface area (TPSA) is 43.6 Å². The highest BCUT2D eigenvalue weighted by Gasteiger charge is 2.26. The summed E-state index contributed by atoms with van der Waals surface area (Å²) >= 11 is 0. The van der Waals surface area contributed by atoms with Gasteiger partial charge in [0.25, 0.3) is 0 Å². The molecular weight excluding hydrogens is 192 g/mol. The number of carbonyl (C=O) groups is 1. The van der Waals surface area contributed by atoms with Crippen molar-refractivity contribution in [3.05, 3.63) is 36.4 Å². The maximum atomic E-state index is 11.6. The molecule has 4 heteroatoms. The van der Waals surface area contributed by atoms with Crippen LogP contribution in [-0.4, -0.2) is 21.5 Å². The number of nitrogens with zero attached hydrogens (tertiary/aromatic N) is 2. The summed E-state index contributed by atoms with van der Waals surface area (Å²) in [5.41, 5.74) is 1.55. The molecule has 15 heavy (non-hydrogen) atoms. The van der Waals surface area contributed by atoms with Gasteiger partial charge in [0.2, 0.25) is 0 Å². The third-order valence-corrected chi connectivity index (χ3v) is 2.44. The first kappa shape index (κ1) is 8.47. The molecule has 1 aliphatic carbocycles. The number of fused-ring (bicyclic) bond motifs is 1. The fourth-order valence-electron chi connectivity index (χ4n) is 1.45. The Hall–Kier alpha value is -1.84. The van der Waals surface area contributed by atoms with Crippen LogP contribution < -0.4 is 0 Å². The van der Waals surface area contributed by atoms with Crippen molar-refractivity contribution in [1.29, 1.82) is 0 Å². The summed E-state index contributed by atoms with van der Waals surface area (Å²) < 4.78 is 7.01. The summed E-state index contributed by atoms with van der Waals surface area (Å²) in [6.45, 7) is 0. The third-order valence-electron chi connectivity index (χ3n) is 2.44. The molecule has 2 aromatic rings. The number of imidazole rings is 1. The predicted octanol–water partition coefficient (Wildman–Crippen LogP) is 1.65. The number of carbonyl (C=O) groups excluding carboxylic acids is 1. The summed E-state index contributed by atoms with van der Waals surface area (Å²) in [5, 5.41) is 0. The fraction of sp³-hybridized carbons (Fsp3) is 0.273. The molecule has 3 rings (SSSR count). The highest BCUT2D eigenvalue weighted by atomic mass is 16.5. The maximum absolute atomic E-state index is 11.6. The first-order valence-electron chi connectivity index (χ1n) is 4.95. The first-order valence-corrected chi connectivity index (χ1v) is 4.95. The van der Waals surface area contributed by atoms with Crippen LogP contribution in [0.1, 0.15) is 23.2 Å². The van der Waals surface area contributed by atoms with Gasteiger partial charge in [-0.15, -0.1) is 0 Å². The van der Waals surface area contributed by atoms with Crippen LogP contribution in [0.15, 0.2) is 30.9 Å². The van der Waals surface area contributed by atoms with E-state index in [0.29, 0.717) is 5.56 Å². The predicted molar refractivity (Wildman–Crippen MR) is 53.6 cm³/mol. The summed E-state index contributed by atoms with van der Waals surface area (Å²) in [6.07, 6.45) is 7.31. The Morgan fingerprint density at radius 1 is 1.47 bits per heavy atom. The minimum Gasteiger partial charge on any atom is -0.459 e. The van der Waals surface area contributed by atoms with E-state index in [1.54, 1.807) is 24.8 Å². The average Bonchev–Trinajstić information content (AvgIpc) is 2.94. The number of rotatable bonds is 2. The summed E-state index contributed by atoms with van der Waals surface area (Å²) in [7, 11) is 0. The lowest BCUT2D eigenvalue weighted by atomic mass is 10.3. The van der Waals surface area contributed by atoms with Crippen molar-refractivity contribution in [3.8, 4) is 0 Å². The molecule has 2 heterocycles. The maximum Gasteiger partial charge on any atom is 0.339 e. The molecule has 1 aliphatic rings. The lowest BCUT2D eigenvalue weighted by Gasteiger charge is -2.02. The van der Waals surface area contributed by atoms with Crippen molar-refractivity contribution in [2.45, 2.75) is 18.9 Å². The minimum atomic E-state index is -0.242. The van der Waals surface area contributed by atoms with Crippen LogP contribution in [0.25, 0.3) is 5.52 Å². The Bertz CT molecular complexity index is 514. The van der Waals surface area contributed by atoms with Crippen molar-refractivity contribution in [3.63, 3.8) is 0 Å². The van der Waals surface area contributed by atoms with Gasteiger partial charge in [-0.3, -0.25) is 0 Å². The molecule has 0 amide bonds. The van der Waals surface area contributed by atoms with Gasteiger partial charge in [0.1, 0.15) is 6.10 Å². The average molecular weight is 202 g/mol. The van der Waals surface area contributed by atoms with Gasteiger partial charge in [0.15, 0.2) is 0 Å². The van der Waals surface area contributed by atoms with Crippen molar-refractivity contribution >= 4 is 11.5 Å². The molecule has 0 aliphatic heterocycles. The molecule has 0 unspecified atom stereocenters. The van der Waals surface area contributed by atoms with Crippen molar-refractivity contribution < 1.29 is 9.53 Å². The van der Waals surface area contributed by atoms with Gasteiger partial charge in [-0.05, 0) is 25.0 Å². The van der Waals surface area contributed by atoms with Crippen LogP contribution >= 0.6 is 0 Å². The van der Waals surface area contributed by atoms with Crippen molar-refractivity contribution in [2.75, 3.05) is 0 Å². The lowest BCUT2D eigenvalue weighted by molar-refractivity contribution is 0.0472. The smallest absolute Gasteiger partial charge is 0.339 e. The molecule has 1 saturated carbocycles. The lowest BCUT2D eigenvalue weighted by Crippen LogP contribution is -2.07. The Morgan fingerprint density at radius 2 is 2.33 bits per heavy atom. The quantitative estimate of drug-likeness (QED) is 0.695. The standard InChI is InChI=1S/C11H10N2O2/c14-11(15-10-3-4-10)8-1-2-9-5-12-7-13(9)6-8/h1-2,5-7,10H,3-4H2. The van der Waals surface area contributed by atoms with Crippen LogP contribution in [0, 0.1) is 0 Å². The van der Waals surface area contributed by atoms with Crippen LogP contribution in [0.5, 0.6) is 0 Å². The summed E-state index contributed by atoms with van der Waals surface area (Å²) in [6, 6.07) is 3.62. The third kappa shape index (κ3) is 1.58. The zero-order chi connectivity index (χ0) is 10.3. The molecular formula is C11H10N2O2. The highest BCUT2D eigenvalue weighted by Crippen LogP contribution is 2.24. The van der Waals surface area contributed by atoms with E-state index >= 15 is 0 Å². The first-order chi connectivity index (χ1) is 7.33. The normalized spacial score (nSPS) is 15.5. The van der Waals surface area contributed by atoms with Crippen LogP contribution in [-0.2, 0) is 4.74 Å². The molecule has 0 atom stereocenters. The second-order valence-corrected chi connectivity index (χ2v) is 3.75. The van der Waals surface area contributed by atoms with E-state index in [-0.39, 0.29) is 12.1 Å². The molecule has 0 aromatic carbocycles. The van der Waals surface area contributed by atoms with Gasteiger partial charge in [0.05, 0.1) is 23.6 Å². The SMILES string of the molecule is O=C(OC1CC1)c1ccc2cncn2c1. The van der Waals surface area contributed by atoms with E-state index < -0.39 is 0 Å². The molecule has 76 valence electrons. The van der Waals surface area contributed by atoms with E-state index in [1.165, 1.54) is 0 Å². The van der Waals surface area contributed by atoms with Gasteiger partial charge in [-0.2, -0.15) is 0 Å². The minimum absolute atomic E-state index is 0.149. The second kappa shape index (κ2) is 3.08. The fourth-order valence-corrected chi connectivity index (χ4v) is 1.45. The van der Waals surface area contributed by atoms with E-state index in [2.05, 4.69) is 4.98 Å². The molecule has 0 radical (unpaired) electrons. The van der Waals surface area contributed by atoms with E-state index in [1.807, 2.05) is 10.5 Å². The molecule has 0 bridgehead atoms. The molecule has 2 aromatic heterocycles. The largest absolute Gasteiger partial charge is 0.459 e. The highest BCUT2D eigenvalue weighted by molar-refractivity contribution is 5.89. The van der Waals surface area contributed by atoms with Gasteiger partial charge in [-0.25, -0.2) is 9.78 Å². The van der Waals surface area contributed by atoms with E-state index in [4.69, 9.17) is 4.74 Å². The van der Waals surface area contributed by atoms with E-state index in [0.717, 1.165) is 18.4 Å². The van der Waals surface area contributed by atoms with Crippen molar-refractivity contribution in [1.82, 2.24) is 9.38 Å². The van der Waals surface area contributed by atoms with Gasteiger partial charge < -0.3 is 9.14 Å². The summed E-state index contributed by atoms with van der Waals surface area (Å²) in [5.74, 6) is -0.242. The molecule has 0 saturated heterocycles. The van der Waals surface area contributed by atoms with Crippen LogP contribution in [0.2, 0.25) is 0 Å². The molecule has 0 spiro atoms. The Balaban J connectivity index is 1.91. The number of hydrogen-bond donors (Lipinski definition) is 0.